The first-order valence-corrected chi connectivity index (χ1v) is 4.96. The van der Waals surface area contributed by atoms with Gasteiger partial charge in [0.05, 0.1) is 6.10 Å². The molecule has 1 aliphatic heterocycles. The number of alkyl halides is 1. The van der Waals surface area contributed by atoms with Crippen LogP contribution in [0.2, 0.25) is 0 Å². The lowest BCUT2D eigenvalue weighted by Gasteiger charge is -2.09. The second-order valence-corrected chi connectivity index (χ2v) is 4.56. The SMILES string of the molecule is CC(Br)CCC1CCCO1. The fraction of sp³-hybridized carbons (Fsp3) is 1.00. The monoisotopic (exact) mass is 206 g/mol. The van der Waals surface area contributed by atoms with Crippen LogP contribution in [-0.2, 0) is 4.74 Å². The summed E-state index contributed by atoms with van der Waals surface area (Å²) in [5.41, 5.74) is 0. The molecule has 0 saturated carbocycles. The smallest absolute Gasteiger partial charge is 0.0576 e. The van der Waals surface area contributed by atoms with Crippen molar-refractivity contribution in [2.75, 3.05) is 6.61 Å². The first-order valence-electron chi connectivity index (χ1n) is 4.04. The lowest BCUT2D eigenvalue weighted by molar-refractivity contribution is 0.103. The summed E-state index contributed by atoms with van der Waals surface area (Å²) in [6, 6.07) is 0. The van der Waals surface area contributed by atoms with Gasteiger partial charge in [-0.3, -0.25) is 0 Å². The Hall–Kier alpha value is 0.440. The van der Waals surface area contributed by atoms with E-state index >= 15 is 0 Å². The van der Waals surface area contributed by atoms with Crippen LogP contribution in [0.25, 0.3) is 0 Å². The predicted octanol–water partition coefficient (Wildman–Crippen LogP) is 2.73. The second kappa shape index (κ2) is 4.35. The molecule has 1 heterocycles. The van der Waals surface area contributed by atoms with Crippen molar-refractivity contribution in [2.45, 2.75) is 43.5 Å². The van der Waals surface area contributed by atoms with Gasteiger partial charge in [-0.1, -0.05) is 22.9 Å². The van der Waals surface area contributed by atoms with Gasteiger partial charge in [0, 0.05) is 11.4 Å². The molecule has 0 aromatic heterocycles. The highest BCUT2D eigenvalue weighted by Gasteiger charge is 2.15. The van der Waals surface area contributed by atoms with Gasteiger partial charge in [0.15, 0.2) is 0 Å². The van der Waals surface area contributed by atoms with Crippen molar-refractivity contribution in [3.8, 4) is 0 Å². The highest BCUT2D eigenvalue weighted by Crippen LogP contribution is 2.19. The molecule has 0 aliphatic carbocycles. The molecule has 1 fully saturated rings. The Bertz CT molecular complexity index is 87.3. The second-order valence-electron chi connectivity index (χ2n) is 2.99. The van der Waals surface area contributed by atoms with Crippen molar-refractivity contribution in [1.82, 2.24) is 0 Å². The number of halogens is 1. The van der Waals surface area contributed by atoms with E-state index in [1.54, 1.807) is 0 Å². The van der Waals surface area contributed by atoms with Crippen LogP contribution in [0.4, 0.5) is 0 Å². The van der Waals surface area contributed by atoms with Crippen LogP contribution in [-0.4, -0.2) is 17.5 Å². The van der Waals surface area contributed by atoms with Crippen molar-refractivity contribution in [1.29, 1.82) is 0 Å². The molecule has 0 radical (unpaired) electrons. The molecule has 10 heavy (non-hydrogen) atoms. The van der Waals surface area contributed by atoms with E-state index in [0.717, 1.165) is 6.61 Å². The Balaban J connectivity index is 2.01. The van der Waals surface area contributed by atoms with Crippen LogP contribution in [0, 0.1) is 0 Å². The molecule has 0 bridgehead atoms. The Morgan fingerprint density at radius 1 is 1.70 bits per heavy atom. The Morgan fingerprint density at radius 3 is 3.00 bits per heavy atom. The summed E-state index contributed by atoms with van der Waals surface area (Å²) in [4.78, 5) is 0.650. The van der Waals surface area contributed by atoms with E-state index in [2.05, 4.69) is 22.9 Å². The minimum Gasteiger partial charge on any atom is -0.378 e. The molecule has 1 aliphatic rings. The predicted molar refractivity (Wildman–Crippen MR) is 46.6 cm³/mol. The zero-order valence-corrected chi connectivity index (χ0v) is 8.06. The van der Waals surface area contributed by atoms with E-state index in [-0.39, 0.29) is 0 Å². The zero-order chi connectivity index (χ0) is 7.40. The van der Waals surface area contributed by atoms with Gasteiger partial charge < -0.3 is 4.74 Å². The maximum absolute atomic E-state index is 5.48. The van der Waals surface area contributed by atoms with E-state index in [4.69, 9.17) is 4.74 Å². The normalized spacial score (nSPS) is 28.8. The van der Waals surface area contributed by atoms with E-state index < -0.39 is 0 Å². The van der Waals surface area contributed by atoms with Gasteiger partial charge >= 0.3 is 0 Å². The molecule has 1 rings (SSSR count). The van der Waals surface area contributed by atoms with Crippen molar-refractivity contribution in [3.63, 3.8) is 0 Å². The van der Waals surface area contributed by atoms with Crippen LogP contribution < -0.4 is 0 Å². The van der Waals surface area contributed by atoms with Crippen LogP contribution in [0.3, 0.4) is 0 Å². The third-order valence-corrected chi connectivity index (χ3v) is 2.37. The summed E-state index contributed by atoms with van der Waals surface area (Å²) in [6.07, 6.45) is 5.58. The van der Waals surface area contributed by atoms with Gasteiger partial charge in [-0.15, -0.1) is 0 Å². The number of rotatable bonds is 3. The van der Waals surface area contributed by atoms with Gasteiger partial charge in [0.25, 0.3) is 0 Å². The summed E-state index contributed by atoms with van der Waals surface area (Å²) in [7, 11) is 0. The first-order chi connectivity index (χ1) is 4.79. The minimum atomic E-state index is 0.569. The molecule has 2 atom stereocenters. The van der Waals surface area contributed by atoms with Crippen LogP contribution >= 0.6 is 15.9 Å². The van der Waals surface area contributed by atoms with Gasteiger partial charge in [-0.05, 0) is 25.7 Å². The van der Waals surface area contributed by atoms with Crippen molar-refractivity contribution in [2.24, 2.45) is 0 Å². The molecule has 0 aromatic rings. The number of hydrogen-bond acceptors (Lipinski definition) is 1. The topological polar surface area (TPSA) is 9.23 Å². The van der Waals surface area contributed by atoms with Gasteiger partial charge in [0.2, 0.25) is 0 Å². The fourth-order valence-corrected chi connectivity index (χ4v) is 1.55. The number of hydrogen-bond donors (Lipinski definition) is 0. The molecule has 2 heteroatoms. The van der Waals surface area contributed by atoms with Gasteiger partial charge in [-0.2, -0.15) is 0 Å². The Labute approximate surface area is 71.3 Å². The van der Waals surface area contributed by atoms with E-state index in [1.165, 1.54) is 25.7 Å². The lowest BCUT2D eigenvalue weighted by atomic mass is 10.1. The largest absolute Gasteiger partial charge is 0.378 e. The summed E-state index contributed by atoms with van der Waals surface area (Å²) < 4.78 is 5.48. The van der Waals surface area contributed by atoms with Crippen molar-refractivity contribution >= 4 is 15.9 Å². The van der Waals surface area contributed by atoms with E-state index in [9.17, 15) is 0 Å². The van der Waals surface area contributed by atoms with E-state index in [1.807, 2.05) is 0 Å². The molecule has 0 N–H and O–H groups in total. The quantitative estimate of drug-likeness (QED) is 0.646. The molecule has 0 amide bonds. The summed E-state index contributed by atoms with van der Waals surface area (Å²) in [6.45, 7) is 3.18. The molecule has 60 valence electrons. The summed E-state index contributed by atoms with van der Waals surface area (Å²) in [5.74, 6) is 0. The Morgan fingerprint density at radius 2 is 2.50 bits per heavy atom. The molecular weight excluding hydrogens is 192 g/mol. The van der Waals surface area contributed by atoms with Crippen molar-refractivity contribution < 1.29 is 4.74 Å². The minimum absolute atomic E-state index is 0.569. The molecule has 1 nitrogen and oxygen atoms in total. The third kappa shape index (κ3) is 3.02. The lowest BCUT2D eigenvalue weighted by Crippen LogP contribution is -2.06. The summed E-state index contributed by atoms with van der Waals surface area (Å²) >= 11 is 3.53. The molecular formula is C8H15BrO. The highest BCUT2D eigenvalue weighted by atomic mass is 79.9. The maximum Gasteiger partial charge on any atom is 0.0576 e. The van der Waals surface area contributed by atoms with E-state index in [0.29, 0.717) is 10.9 Å². The molecule has 0 spiro atoms. The van der Waals surface area contributed by atoms with Crippen LogP contribution in [0.1, 0.15) is 32.6 Å². The molecule has 1 saturated heterocycles. The third-order valence-electron chi connectivity index (χ3n) is 1.91. The Kier molecular flexibility index (Phi) is 3.71. The van der Waals surface area contributed by atoms with Crippen molar-refractivity contribution in [3.05, 3.63) is 0 Å². The number of ether oxygens (including phenoxy) is 1. The average molecular weight is 207 g/mol. The van der Waals surface area contributed by atoms with Gasteiger partial charge in [-0.25, -0.2) is 0 Å². The highest BCUT2D eigenvalue weighted by molar-refractivity contribution is 9.09. The average Bonchev–Trinajstić information content (AvgIpc) is 2.34. The maximum atomic E-state index is 5.48. The first kappa shape index (κ1) is 8.54. The summed E-state index contributed by atoms with van der Waals surface area (Å²) in [5, 5.41) is 0. The standard InChI is InChI=1S/C8H15BrO/c1-7(9)4-5-8-3-2-6-10-8/h7-8H,2-6H2,1H3. The zero-order valence-electron chi connectivity index (χ0n) is 6.48. The molecule has 0 aromatic carbocycles. The van der Waals surface area contributed by atoms with Gasteiger partial charge in [0.1, 0.15) is 0 Å². The molecule has 2 unspecified atom stereocenters. The van der Waals surface area contributed by atoms with Crippen LogP contribution in [0.15, 0.2) is 0 Å². The fourth-order valence-electron chi connectivity index (χ4n) is 1.29. The van der Waals surface area contributed by atoms with Crippen LogP contribution in [0.5, 0.6) is 0 Å².